The minimum atomic E-state index is -0.500. The average molecular weight is 385 g/mol. The van der Waals surface area contributed by atoms with Crippen LogP contribution in [0.4, 0.5) is 4.79 Å². The van der Waals surface area contributed by atoms with Gasteiger partial charge in [-0.25, -0.2) is 4.79 Å². The summed E-state index contributed by atoms with van der Waals surface area (Å²) in [6.45, 7) is 7.95. The van der Waals surface area contributed by atoms with Crippen LogP contribution >= 0.6 is 0 Å². The van der Waals surface area contributed by atoms with E-state index < -0.39 is 12.1 Å². The van der Waals surface area contributed by atoms with E-state index in [1.807, 2.05) is 50.2 Å². The smallest absolute Gasteiger partial charge is 0.321 e. The van der Waals surface area contributed by atoms with Crippen LogP contribution < -0.4 is 10.6 Å². The molecule has 0 radical (unpaired) electrons. The maximum Gasteiger partial charge on any atom is 0.321 e. The Kier molecular flexibility index (Phi) is 6.78. The Morgan fingerprint density at radius 1 is 1.18 bits per heavy atom. The molecule has 8 nitrogen and oxygen atoms in total. The molecule has 2 N–H and O–H groups in total. The van der Waals surface area contributed by atoms with Gasteiger partial charge >= 0.3 is 6.03 Å². The standard InChI is InChI=1S/C20H27N5O3/c1-3-21-20(27)22-19(26)18(16-7-5-4-6-8-16)25-11-9-24(10-12-25)14-17-13-15(2)28-23-17/h4-8,13,18H,3,9-12,14H2,1-2H3,(H2,21,22,26,27)/t18-/m1/s1. The first-order valence-corrected chi connectivity index (χ1v) is 9.59. The summed E-state index contributed by atoms with van der Waals surface area (Å²) in [5.41, 5.74) is 1.80. The molecule has 8 heteroatoms. The van der Waals surface area contributed by atoms with Crippen LogP contribution in [0.2, 0.25) is 0 Å². The summed E-state index contributed by atoms with van der Waals surface area (Å²) in [6.07, 6.45) is 0. The third-order valence-electron chi connectivity index (χ3n) is 4.77. The van der Waals surface area contributed by atoms with Crippen LogP contribution in [0.15, 0.2) is 40.9 Å². The van der Waals surface area contributed by atoms with Crippen LogP contribution in [0.1, 0.15) is 30.0 Å². The van der Waals surface area contributed by atoms with E-state index in [4.69, 9.17) is 4.52 Å². The van der Waals surface area contributed by atoms with Crippen LogP contribution in [0.3, 0.4) is 0 Å². The summed E-state index contributed by atoms with van der Waals surface area (Å²) < 4.78 is 5.13. The Bertz CT molecular complexity index is 784. The number of carbonyl (C=O) groups excluding carboxylic acids is 2. The number of aromatic nitrogens is 1. The first-order chi connectivity index (χ1) is 13.6. The van der Waals surface area contributed by atoms with Crippen molar-refractivity contribution in [2.45, 2.75) is 26.4 Å². The van der Waals surface area contributed by atoms with Gasteiger partial charge in [-0.1, -0.05) is 35.5 Å². The number of hydrogen-bond acceptors (Lipinski definition) is 6. The van der Waals surface area contributed by atoms with Crippen molar-refractivity contribution < 1.29 is 14.1 Å². The summed E-state index contributed by atoms with van der Waals surface area (Å²) in [4.78, 5) is 29.1. The molecule has 0 saturated carbocycles. The molecular formula is C20H27N5O3. The molecule has 0 unspecified atom stereocenters. The van der Waals surface area contributed by atoms with Crippen LogP contribution in [0.5, 0.6) is 0 Å². The maximum absolute atomic E-state index is 12.9. The maximum atomic E-state index is 12.9. The van der Waals surface area contributed by atoms with E-state index in [9.17, 15) is 9.59 Å². The number of aryl methyl sites for hydroxylation is 1. The molecule has 2 aromatic rings. The summed E-state index contributed by atoms with van der Waals surface area (Å²) in [5, 5.41) is 9.12. The molecule has 3 amide bonds. The van der Waals surface area contributed by atoms with Gasteiger partial charge in [0, 0.05) is 45.3 Å². The van der Waals surface area contributed by atoms with Gasteiger partial charge in [-0.05, 0) is 19.4 Å². The Morgan fingerprint density at radius 2 is 1.89 bits per heavy atom. The van der Waals surface area contributed by atoms with Crippen molar-refractivity contribution in [3.8, 4) is 0 Å². The molecule has 0 spiro atoms. The summed E-state index contributed by atoms with van der Waals surface area (Å²) in [6, 6.07) is 10.6. The molecule has 3 rings (SSSR count). The van der Waals surface area contributed by atoms with E-state index in [2.05, 4.69) is 25.6 Å². The lowest BCUT2D eigenvalue weighted by atomic mass is 10.0. The summed E-state index contributed by atoms with van der Waals surface area (Å²) in [7, 11) is 0. The number of urea groups is 1. The normalized spacial score (nSPS) is 16.5. The van der Waals surface area contributed by atoms with E-state index in [1.165, 1.54) is 0 Å². The highest BCUT2D eigenvalue weighted by Crippen LogP contribution is 2.23. The highest BCUT2D eigenvalue weighted by atomic mass is 16.5. The molecule has 0 bridgehead atoms. The average Bonchev–Trinajstić information content (AvgIpc) is 3.09. The lowest BCUT2D eigenvalue weighted by molar-refractivity contribution is -0.126. The van der Waals surface area contributed by atoms with E-state index in [-0.39, 0.29) is 5.91 Å². The van der Waals surface area contributed by atoms with Gasteiger partial charge in [0.2, 0.25) is 5.91 Å². The minimum Gasteiger partial charge on any atom is -0.361 e. The SMILES string of the molecule is CCNC(=O)NC(=O)[C@@H](c1ccccc1)N1CCN(Cc2cc(C)on2)CC1. The number of nitrogens with one attached hydrogen (secondary N) is 2. The van der Waals surface area contributed by atoms with E-state index >= 15 is 0 Å². The highest BCUT2D eigenvalue weighted by Gasteiger charge is 2.31. The molecule has 1 aromatic heterocycles. The van der Waals surface area contributed by atoms with Gasteiger partial charge in [0.15, 0.2) is 0 Å². The number of benzene rings is 1. The second kappa shape index (κ2) is 9.48. The van der Waals surface area contributed by atoms with Gasteiger partial charge in [-0.15, -0.1) is 0 Å². The molecule has 150 valence electrons. The number of rotatable bonds is 6. The Hall–Kier alpha value is -2.71. The van der Waals surface area contributed by atoms with Crippen molar-refractivity contribution >= 4 is 11.9 Å². The summed E-state index contributed by atoms with van der Waals surface area (Å²) in [5.74, 6) is 0.498. The molecule has 0 aliphatic carbocycles. The minimum absolute atomic E-state index is 0.308. The number of imide groups is 1. The zero-order chi connectivity index (χ0) is 19.9. The van der Waals surface area contributed by atoms with Crippen molar-refractivity contribution in [3.63, 3.8) is 0 Å². The topological polar surface area (TPSA) is 90.7 Å². The zero-order valence-corrected chi connectivity index (χ0v) is 16.4. The third kappa shape index (κ3) is 5.17. The van der Waals surface area contributed by atoms with Gasteiger partial charge in [0.1, 0.15) is 11.8 Å². The second-order valence-corrected chi connectivity index (χ2v) is 6.90. The van der Waals surface area contributed by atoms with Gasteiger partial charge < -0.3 is 9.84 Å². The zero-order valence-electron chi connectivity index (χ0n) is 16.4. The summed E-state index contributed by atoms with van der Waals surface area (Å²) >= 11 is 0. The van der Waals surface area contributed by atoms with Gasteiger partial charge in [-0.3, -0.25) is 19.9 Å². The quantitative estimate of drug-likeness (QED) is 0.786. The Labute approximate surface area is 164 Å². The van der Waals surface area contributed by atoms with Gasteiger partial charge in [0.25, 0.3) is 0 Å². The van der Waals surface area contributed by atoms with Crippen molar-refractivity contribution in [2.75, 3.05) is 32.7 Å². The molecule has 1 aliphatic rings. The van der Waals surface area contributed by atoms with Crippen molar-refractivity contribution in [2.24, 2.45) is 0 Å². The van der Waals surface area contributed by atoms with Gasteiger partial charge in [0.05, 0.1) is 5.69 Å². The van der Waals surface area contributed by atoms with Crippen LogP contribution in [0, 0.1) is 6.92 Å². The van der Waals surface area contributed by atoms with Crippen molar-refractivity contribution in [1.29, 1.82) is 0 Å². The second-order valence-electron chi connectivity index (χ2n) is 6.90. The third-order valence-corrected chi connectivity index (χ3v) is 4.77. The van der Waals surface area contributed by atoms with E-state index in [0.717, 1.165) is 49.7 Å². The lowest BCUT2D eigenvalue weighted by Crippen LogP contribution is -2.52. The lowest BCUT2D eigenvalue weighted by Gasteiger charge is -2.38. The first kappa shape index (κ1) is 20.0. The first-order valence-electron chi connectivity index (χ1n) is 9.59. The Balaban J connectivity index is 1.66. The molecule has 2 heterocycles. The highest BCUT2D eigenvalue weighted by molar-refractivity contribution is 5.97. The van der Waals surface area contributed by atoms with E-state index in [1.54, 1.807) is 0 Å². The fourth-order valence-electron chi connectivity index (χ4n) is 3.45. The number of piperazine rings is 1. The van der Waals surface area contributed by atoms with Crippen molar-refractivity contribution in [3.05, 3.63) is 53.4 Å². The number of carbonyl (C=O) groups is 2. The molecule has 1 atom stereocenters. The number of amides is 3. The fourth-order valence-corrected chi connectivity index (χ4v) is 3.45. The molecule has 28 heavy (non-hydrogen) atoms. The molecule has 1 aromatic carbocycles. The predicted octanol–water partition coefficient (Wildman–Crippen LogP) is 1.69. The number of nitrogens with zero attached hydrogens (tertiary/aromatic N) is 3. The van der Waals surface area contributed by atoms with Crippen LogP contribution in [-0.4, -0.2) is 59.6 Å². The largest absolute Gasteiger partial charge is 0.361 e. The van der Waals surface area contributed by atoms with E-state index in [0.29, 0.717) is 6.54 Å². The molecule has 1 fully saturated rings. The fraction of sp³-hybridized carbons (Fsp3) is 0.450. The van der Waals surface area contributed by atoms with Crippen LogP contribution in [0.25, 0.3) is 0 Å². The Morgan fingerprint density at radius 3 is 2.50 bits per heavy atom. The monoisotopic (exact) mass is 385 g/mol. The van der Waals surface area contributed by atoms with Crippen LogP contribution in [-0.2, 0) is 11.3 Å². The van der Waals surface area contributed by atoms with Gasteiger partial charge in [-0.2, -0.15) is 0 Å². The predicted molar refractivity (Wildman–Crippen MR) is 104 cm³/mol. The molecule has 1 aliphatic heterocycles. The number of hydrogen-bond donors (Lipinski definition) is 2. The van der Waals surface area contributed by atoms with Crippen molar-refractivity contribution in [1.82, 2.24) is 25.6 Å². The molecule has 1 saturated heterocycles. The molecular weight excluding hydrogens is 358 g/mol.